The van der Waals surface area contributed by atoms with E-state index in [1.807, 2.05) is 6.07 Å². The maximum atomic E-state index is 14.0. The van der Waals surface area contributed by atoms with Gasteiger partial charge in [-0.3, -0.25) is 9.59 Å². The highest BCUT2D eigenvalue weighted by atomic mass is 19.1. The Morgan fingerprint density at radius 3 is 2.63 bits per heavy atom. The van der Waals surface area contributed by atoms with Crippen molar-refractivity contribution in [1.29, 1.82) is 5.26 Å². The Kier molecular flexibility index (Phi) is 5.73. The van der Waals surface area contributed by atoms with Gasteiger partial charge in [-0.1, -0.05) is 12.1 Å². The molecular weight excluding hydrogens is 398 g/mol. The minimum Gasteiger partial charge on any atom is -0.493 e. The van der Waals surface area contributed by atoms with Gasteiger partial charge in [0, 0.05) is 12.1 Å². The topological polar surface area (TPSA) is 128 Å². The van der Waals surface area contributed by atoms with Crippen molar-refractivity contribution in [3.63, 3.8) is 0 Å². The summed E-state index contributed by atoms with van der Waals surface area (Å²) < 4.78 is 27.8. The minimum atomic E-state index is -1.19. The number of hydrogen-bond donors (Lipinski definition) is 3. The van der Waals surface area contributed by atoms with Crippen LogP contribution in [-0.2, 0) is 4.79 Å². The van der Waals surface area contributed by atoms with Gasteiger partial charge in [-0.15, -0.1) is 0 Å². The summed E-state index contributed by atoms with van der Waals surface area (Å²) in [6.45, 7) is 0. The van der Waals surface area contributed by atoms with E-state index >= 15 is 0 Å². The van der Waals surface area contributed by atoms with Gasteiger partial charge in [0.15, 0.2) is 11.5 Å². The molecule has 0 saturated carbocycles. The number of aromatic nitrogens is 2. The Bertz CT molecular complexity index is 1170. The molecule has 152 valence electrons. The van der Waals surface area contributed by atoms with Crippen LogP contribution in [-0.4, -0.2) is 31.9 Å². The quantitative estimate of drug-likeness (QED) is 0.571. The van der Waals surface area contributed by atoms with Crippen molar-refractivity contribution in [3.8, 4) is 17.6 Å². The molecule has 1 amide bonds. The predicted octanol–water partition coefficient (Wildman–Crippen LogP) is 2.67. The third-order valence-electron chi connectivity index (χ3n) is 4.16. The first-order chi connectivity index (χ1) is 14.3. The first-order valence-corrected chi connectivity index (χ1v) is 8.55. The SMILES string of the molecule is N#Cc1cccc([C@H](CC(=O)O)NC(=O)c2cc(O)n(-c3ccc(F)cc3F)n2)c1. The summed E-state index contributed by atoms with van der Waals surface area (Å²) in [4.78, 5) is 23.8. The van der Waals surface area contributed by atoms with Gasteiger partial charge in [-0.2, -0.15) is 15.0 Å². The molecule has 10 heteroatoms. The minimum absolute atomic E-state index is 0.281. The van der Waals surface area contributed by atoms with E-state index in [9.17, 15) is 23.5 Å². The van der Waals surface area contributed by atoms with E-state index in [2.05, 4.69) is 10.4 Å². The zero-order valence-corrected chi connectivity index (χ0v) is 15.2. The lowest BCUT2D eigenvalue weighted by Crippen LogP contribution is -2.30. The molecule has 3 N–H and O–H groups in total. The van der Waals surface area contributed by atoms with Crippen molar-refractivity contribution >= 4 is 11.9 Å². The largest absolute Gasteiger partial charge is 0.493 e. The second-order valence-corrected chi connectivity index (χ2v) is 6.26. The second kappa shape index (κ2) is 8.40. The highest BCUT2D eigenvalue weighted by Gasteiger charge is 2.23. The second-order valence-electron chi connectivity index (χ2n) is 6.26. The predicted molar refractivity (Wildman–Crippen MR) is 98.8 cm³/mol. The molecule has 0 aliphatic heterocycles. The molecule has 0 aliphatic carbocycles. The number of carbonyl (C=O) groups excluding carboxylic acids is 1. The fraction of sp³-hybridized carbons (Fsp3) is 0.100. The molecule has 0 bridgehead atoms. The molecule has 0 aliphatic rings. The van der Waals surface area contributed by atoms with Gasteiger partial charge in [0.1, 0.15) is 11.5 Å². The number of nitrogens with one attached hydrogen (secondary N) is 1. The number of carboxylic acids is 1. The fourth-order valence-corrected chi connectivity index (χ4v) is 2.80. The van der Waals surface area contributed by atoms with Crippen LogP contribution in [0.4, 0.5) is 8.78 Å². The highest BCUT2D eigenvalue weighted by Crippen LogP contribution is 2.23. The zero-order chi connectivity index (χ0) is 21.8. The zero-order valence-electron chi connectivity index (χ0n) is 15.2. The smallest absolute Gasteiger partial charge is 0.305 e. The molecule has 1 atom stereocenters. The fourth-order valence-electron chi connectivity index (χ4n) is 2.80. The third-order valence-corrected chi connectivity index (χ3v) is 4.16. The molecular formula is C20H14F2N4O4. The Balaban J connectivity index is 1.89. The van der Waals surface area contributed by atoms with Crippen LogP contribution in [0.25, 0.3) is 5.69 Å². The number of carbonyl (C=O) groups is 2. The van der Waals surface area contributed by atoms with E-state index in [0.717, 1.165) is 18.2 Å². The van der Waals surface area contributed by atoms with Crippen LogP contribution in [0.2, 0.25) is 0 Å². The van der Waals surface area contributed by atoms with E-state index in [4.69, 9.17) is 10.4 Å². The van der Waals surface area contributed by atoms with Crippen LogP contribution in [0.3, 0.4) is 0 Å². The summed E-state index contributed by atoms with van der Waals surface area (Å²) in [5, 5.41) is 34.5. The van der Waals surface area contributed by atoms with Gasteiger partial charge in [0.25, 0.3) is 5.91 Å². The van der Waals surface area contributed by atoms with Crippen molar-refractivity contribution in [1.82, 2.24) is 15.1 Å². The van der Waals surface area contributed by atoms with Gasteiger partial charge in [-0.05, 0) is 29.8 Å². The Morgan fingerprint density at radius 1 is 1.20 bits per heavy atom. The van der Waals surface area contributed by atoms with Crippen LogP contribution in [0.15, 0.2) is 48.5 Å². The summed E-state index contributed by atoms with van der Waals surface area (Å²) in [5.74, 6) is -4.43. The number of nitrogens with zero attached hydrogens (tertiary/aromatic N) is 3. The number of nitriles is 1. The van der Waals surface area contributed by atoms with Gasteiger partial charge < -0.3 is 15.5 Å². The maximum absolute atomic E-state index is 14.0. The number of amides is 1. The number of aromatic hydroxyl groups is 1. The summed E-state index contributed by atoms with van der Waals surface area (Å²) >= 11 is 0. The average molecular weight is 412 g/mol. The molecule has 0 fully saturated rings. The van der Waals surface area contributed by atoms with E-state index in [0.29, 0.717) is 16.3 Å². The lowest BCUT2D eigenvalue weighted by molar-refractivity contribution is -0.137. The number of hydrogen-bond acceptors (Lipinski definition) is 5. The Hall–Kier alpha value is -4.26. The lowest BCUT2D eigenvalue weighted by atomic mass is 10.0. The van der Waals surface area contributed by atoms with Crippen LogP contribution in [0.1, 0.15) is 34.1 Å². The molecule has 1 aromatic heterocycles. The van der Waals surface area contributed by atoms with E-state index in [1.54, 1.807) is 12.1 Å². The van der Waals surface area contributed by atoms with Crippen molar-refractivity contribution in [2.45, 2.75) is 12.5 Å². The van der Waals surface area contributed by atoms with Crippen LogP contribution >= 0.6 is 0 Å². The lowest BCUT2D eigenvalue weighted by Gasteiger charge is -2.17. The van der Waals surface area contributed by atoms with E-state index in [1.165, 1.54) is 12.1 Å². The van der Waals surface area contributed by atoms with Crippen LogP contribution < -0.4 is 5.32 Å². The van der Waals surface area contributed by atoms with Crippen molar-refractivity contribution < 1.29 is 28.6 Å². The standard InChI is InChI=1S/C20H14F2N4O4/c21-13-4-5-17(14(22)7-13)26-18(27)8-16(25-26)20(30)24-15(9-19(28)29)12-3-1-2-11(6-12)10-23/h1-8,15,27H,9H2,(H,24,30)(H,28,29)/t15-/m0/s1. The first kappa shape index (κ1) is 20.5. The number of benzene rings is 2. The van der Waals surface area contributed by atoms with Gasteiger partial charge in [0.05, 0.1) is 24.1 Å². The van der Waals surface area contributed by atoms with Crippen molar-refractivity contribution in [2.75, 3.05) is 0 Å². The summed E-state index contributed by atoms with van der Waals surface area (Å²) in [5.41, 5.74) is 0.0729. The molecule has 8 nitrogen and oxygen atoms in total. The summed E-state index contributed by atoms with van der Waals surface area (Å²) in [6.07, 6.45) is -0.472. The maximum Gasteiger partial charge on any atom is 0.305 e. The number of aliphatic carboxylic acids is 1. The molecule has 0 unspecified atom stereocenters. The number of carboxylic acid groups (broad SMARTS) is 1. The molecule has 2 aromatic carbocycles. The van der Waals surface area contributed by atoms with Gasteiger partial charge >= 0.3 is 5.97 Å². The first-order valence-electron chi connectivity index (χ1n) is 8.55. The summed E-state index contributed by atoms with van der Waals surface area (Å²) in [6, 6.07) is 10.6. The molecule has 1 heterocycles. The molecule has 0 radical (unpaired) electrons. The van der Waals surface area contributed by atoms with Crippen LogP contribution in [0.5, 0.6) is 5.88 Å². The monoisotopic (exact) mass is 412 g/mol. The van der Waals surface area contributed by atoms with E-state index in [-0.39, 0.29) is 16.9 Å². The molecule has 3 aromatic rings. The highest BCUT2D eigenvalue weighted by molar-refractivity contribution is 5.93. The van der Waals surface area contributed by atoms with Crippen molar-refractivity contribution in [3.05, 3.63) is 77.0 Å². The Morgan fingerprint density at radius 2 is 1.97 bits per heavy atom. The van der Waals surface area contributed by atoms with Gasteiger partial charge in [0.2, 0.25) is 5.88 Å². The van der Waals surface area contributed by atoms with Crippen LogP contribution in [0, 0.1) is 23.0 Å². The average Bonchev–Trinajstić information content (AvgIpc) is 3.08. The summed E-state index contributed by atoms with van der Waals surface area (Å²) in [7, 11) is 0. The number of rotatable bonds is 6. The molecule has 0 saturated heterocycles. The molecule has 3 rings (SSSR count). The molecule has 30 heavy (non-hydrogen) atoms. The van der Waals surface area contributed by atoms with Crippen molar-refractivity contribution in [2.24, 2.45) is 0 Å². The third kappa shape index (κ3) is 4.41. The molecule has 0 spiro atoms. The normalized spacial score (nSPS) is 11.5. The number of halogens is 2. The Labute approximate surface area is 168 Å². The van der Waals surface area contributed by atoms with Gasteiger partial charge in [-0.25, -0.2) is 8.78 Å². The van der Waals surface area contributed by atoms with E-state index < -0.39 is 41.9 Å².